The van der Waals surface area contributed by atoms with Crippen molar-refractivity contribution in [3.63, 3.8) is 0 Å². The van der Waals surface area contributed by atoms with Crippen molar-refractivity contribution < 1.29 is 27.0 Å². The lowest BCUT2D eigenvalue weighted by Crippen LogP contribution is -2.17. The molecule has 0 saturated heterocycles. The third kappa shape index (κ3) is 3.67. The first-order chi connectivity index (χ1) is 10.3. The number of nitriles is 1. The van der Waals surface area contributed by atoms with Gasteiger partial charge in [0.1, 0.15) is 17.3 Å². The maximum absolute atomic E-state index is 13.9. The number of benzene rings is 2. The van der Waals surface area contributed by atoms with Crippen LogP contribution < -0.4 is 9.47 Å². The lowest BCUT2D eigenvalue weighted by Gasteiger charge is -2.12. The molecule has 0 N–H and O–H groups in total. The smallest absolute Gasteiger partial charge is 0.497 e. The summed E-state index contributed by atoms with van der Waals surface area (Å²) in [5.41, 5.74) is -0.00264. The van der Waals surface area contributed by atoms with Gasteiger partial charge in [-0.25, -0.2) is 4.39 Å². The summed E-state index contributed by atoms with van der Waals surface area (Å²) < 4.78 is 59.6. The van der Waals surface area contributed by atoms with E-state index < -0.39 is 17.9 Å². The third-order valence-electron chi connectivity index (χ3n) is 2.75. The molecule has 7 heteroatoms. The molecule has 0 heterocycles. The minimum absolute atomic E-state index is 0.00322. The molecule has 0 unspecified atom stereocenters. The van der Waals surface area contributed by atoms with E-state index in [2.05, 4.69) is 4.74 Å². The van der Waals surface area contributed by atoms with Gasteiger partial charge in [0.2, 0.25) is 0 Å². The highest BCUT2D eigenvalue weighted by atomic mass is 19.4. The number of hydrogen-bond acceptors (Lipinski definition) is 3. The molecule has 0 spiro atoms. The minimum Gasteiger partial charge on any atom is -0.497 e. The van der Waals surface area contributed by atoms with Crippen LogP contribution in [0.2, 0.25) is 0 Å². The molecular formula is C15H9F4NO2. The average Bonchev–Trinajstić information content (AvgIpc) is 2.45. The van der Waals surface area contributed by atoms with Crippen molar-refractivity contribution in [3.8, 4) is 28.7 Å². The Balaban J connectivity index is 2.56. The zero-order chi connectivity index (χ0) is 16.3. The SMILES string of the molecule is COc1ccc(F)c(-c2cc(C#N)cc(OC(F)(F)F)c2)c1. The molecule has 2 rings (SSSR count). The van der Waals surface area contributed by atoms with E-state index in [1.54, 1.807) is 6.07 Å². The Morgan fingerprint density at radius 1 is 1.05 bits per heavy atom. The zero-order valence-electron chi connectivity index (χ0n) is 11.2. The summed E-state index contributed by atoms with van der Waals surface area (Å²) in [7, 11) is 1.38. The summed E-state index contributed by atoms with van der Waals surface area (Å²) in [6, 6.07) is 8.73. The van der Waals surface area contributed by atoms with Crippen molar-refractivity contribution in [3.05, 3.63) is 47.8 Å². The van der Waals surface area contributed by atoms with Gasteiger partial charge in [0, 0.05) is 5.56 Å². The van der Waals surface area contributed by atoms with Crippen LogP contribution in [0.4, 0.5) is 17.6 Å². The van der Waals surface area contributed by atoms with Gasteiger partial charge in [-0.05, 0) is 42.0 Å². The lowest BCUT2D eigenvalue weighted by molar-refractivity contribution is -0.274. The molecule has 0 bridgehead atoms. The van der Waals surface area contributed by atoms with Gasteiger partial charge >= 0.3 is 6.36 Å². The molecule has 114 valence electrons. The summed E-state index contributed by atoms with van der Waals surface area (Å²) in [4.78, 5) is 0. The summed E-state index contributed by atoms with van der Waals surface area (Å²) in [5, 5.41) is 8.90. The van der Waals surface area contributed by atoms with E-state index in [0.29, 0.717) is 5.75 Å². The molecule has 22 heavy (non-hydrogen) atoms. The molecule has 0 aliphatic carbocycles. The van der Waals surface area contributed by atoms with Gasteiger partial charge in [-0.1, -0.05) is 0 Å². The van der Waals surface area contributed by atoms with Crippen LogP contribution in [-0.2, 0) is 0 Å². The van der Waals surface area contributed by atoms with E-state index in [1.807, 2.05) is 0 Å². The van der Waals surface area contributed by atoms with Gasteiger partial charge < -0.3 is 9.47 Å². The quantitative estimate of drug-likeness (QED) is 0.795. The molecule has 0 aliphatic rings. The number of rotatable bonds is 3. The third-order valence-corrected chi connectivity index (χ3v) is 2.75. The van der Waals surface area contributed by atoms with Gasteiger partial charge in [0.25, 0.3) is 0 Å². The van der Waals surface area contributed by atoms with Crippen LogP contribution >= 0.6 is 0 Å². The Morgan fingerprint density at radius 3 is 2.36 bits per heavy atom. The van der Waals surface area contributed by atoms with Gasteiger partial charge in [-0.2, -0.15) is 5.26 Å². The first-order valence-corrected chi connectivity index (χ1v) is 5.97. The highest BCUT2D eigenvalue weighted by Crippen LogP contribution is 2.32. The molecule has 0 atom stereocenters. The van der Waals surface area contributed by atoms with E-state index in [-0.39, 0.29) is 16.7 Å². The first-order valence-electron chi connectivity index (χ1n) is 5.97. The second kappa shape index (κ2) is 5.93. The molecular weight excluding hydrogens is 302 g/mol. The summed E-state index contributed by atoms with van der Waals surface area (Å²) in [6.45, 7) is 0. The fourth-order valence-corrected chi connectivity index (χ4v) is 1.86. The van der Waals surface area contributed by atoms with Gasteiger partial charge in [0.05, 0.1) is 18.7 Å². The van der Waals surface area contributed by atoms with Gasteiger partial charge in [0.15, 0.2) is 0 Å². The van der Waals surface area contributed by atoms with Crippen LogP contribution in [0.5, 0.6) is 11.5 Å². The summed E-state index contributed by atoms with van der Waals surface area (Å²) in [6.07, 6.45) is -4.90. The zero-order valence-corrected chi connectivity index (χ0v) is 11.2. The standard InChI is InChI=1S/C15H9F4NO2/c1-21-11-2-3-14(16)13(7-11)10-4-9(8-20)5-12(6-10)22-15(17,18)19/h2-7H,1H3. The van der Waals surface area contributed by atoms with Crippen LogP contribution in [0, 0.1) is 17.1 Å². The fourth-order valence-electron chi connectivity index (χ4n) is 1.86. The molecule has 3 nitrogen and oxygen atoms in total. The lowest BCUT2D eigenvalue weighted by atomic mass is 10.0. The van der Waals surface area contributed by atoms with E-state index >= 15 is 0 Å². The Morgan fingerprint density at radius 2 is 1.77 bits per heavy atom. The van der Waals surface area contributed by atoms with Crippen molar-refractivity contribution in [2.24, 2.45) is 0 Å². The number of alkyl halides is 3. The topological polar surface area (TPSA) is 42.2 Å². The molecule has 0 aromatic heterocycles. The number of ether oxygens (including phenoxy) is 2. The molecule has 0 aliphatic heterocycles. The highest BCUT2D eigenvalue weighted by Gasteiger charge is 2.31. The normalized spacial score (nSPS) is 10.9. The number of nitrogens with zero attached hydrogens (tertiary/aromatic N) is 1. The molecule has 2 aromatic rings. The largest absolute Gasteiger partial charge is 0.573 e. The number of hydrogen-bond donors (Lipinski definition) is 0. The molecule has 0 radical (unpaired) electrons. The van der Waals surface area contributed by atoms with Crippen LogP contribution in [0.15, 0.2) is 36.4 Å². The van der Waals surface area contributed by atoms with E-state index in [0.717, 1.165) is 18.2 Å². The minimum atomic E-state index is -4.90. The maximum atomic E-state index is 13.9. The van der Waals surface area contributed by atoms with Crippen LogP contribution in [0.25, 0.3) is 11.1 Å². The van der Waals surface area contributed by atoms with Gasteiger partial charge in [-0.15, -0.1) is 13.2 Å². The first kappa shape index (κ1) is 15.6. The van der Waals surface area contributed by atoms with Gasteiger partial charge in [-0.3, -0.25) is 0 Å². The van der Waals surface area contributed by atoms with Crippen LogP contribution in [-0.4, -0.2) is 13.5 Å². The summed E-state index contributed by atoms with van der Waals surface area (Å²) >= 11 is 0. The van der Waals surface area contributed by atoms with E-state index in [9.17, 15) is 17.6 Å². The van der Waals surface area contributed by atoms with Crippen molar-refractivity contribution >= 4 is 0 Å². The molecule has 0 amide bonds. The van der Waals surface area contributed by atoms with Crippen molar-refractivity contribution in [2.45, 2.75) is 6.36 Å². The Hall–Kier alpha value is -2.75. The predicted octanol–water partition coefficient (Wildman–Crippen LogP) is 4.27. The van der Waals surface area contributed by atoms with Crippen molar-refractivity contribution in [1.29, 1.82) is 5.26 Å². The van der Waals surface area contributed by atoms with Crippen molar-refractivity contribution in [1.82, 2.24) is 0 Å². The second-order valence-corrected chi connectivity index (χ2v) is 4.25. The van der Waals surface area contributed by atoms with Crippen LogP contribution in [0.3, 0.4) is 0 Å². The molecule has 0 saturated carbocycles. The monoisotopic (exact) mass is 311 g/mol. The molecule has 0 fully saturated rings. The van der Waals surface area contributed by atoms with E-state index in [4.69, 9.17) is 10.00 Å². The highest BCUT2D eigenvalue weighted by molar-refractivity contribution is 5.69. The fraction of sp³-hybridized carbons (Fsp3) is 0.133. The molecule has 2 aromatic carbocycles. The van der Waals surface area contributed by atoms with Crippen LogP contribution in [0.1, 0.15) is 5.56 Å². The average molecular weight is 311 g/mol. The van der Waals surface area contributed by atoms with E-state index in [1.165, 1.54) is 25.3 Å². The number of methoxy groups -OCH3 is 1. The van der Waals surface area contributed by atoms with Crippen molar-refractivity contribution in [2.75, 3.05) is 7.11 Å². The summed E-state index contributed by atoms with van der Waals surface area (Å²) in [5.74, 6) is -0.922. The Bertz CT molecular complexity index is 735. The maximum Gasteiger partial charge on any atom is 0.573 e. The number of halogens is 4. The Kier molecular flexibility index (Phi) is 4.22. The second-order valence-electron chi connectivity index (χ2n) is 4.25. The predicted molar refractivity (Wildman–Crippen MR) is 69.8 cm³/mol. The Labute approximate surface area is 123 Å².